The van der Waals surface area contributed by atoms with Crippen LogP contribution in [0.1, 0.15) is 49.3 Å². The Morgan fingerprint density at radius 3 is 2.41 bits per heavy atom. The van der Waals surface area contributed by atoms with Crippen molar-refractivity contribution < 1.29 is 9.13 Å². The van der Waals surface area contributed by atoms with Crippen LogP contribution in [-0.4, -0.2) is 12.2 Å². The zero-order valence-corrected chi connectivity index (χ0v) is 11.1. The van der Waals surface area contributed by atoms with Crippen molar-refractivity contribution in [1.82, 2.24) is 0 Å². The molecule has 1 saturated heterocycles. The van der Waals surface area contributed by atoms with E-state index in [0.29, 0.717) is 12.2 Å². The molecule has 0 aromatic heterocycles. The molecule has 1 aliphatic heterocycles. The molecule has 1 nitrogen and oxygen atoms in total. The maximum atomic E-state index is 14.0. The van der Waals surface area contributed by atoms with Gasteiger partial charge in [0.2, 0.25) is 0 Å². The van der Waals surface area contributed by atoms with Crippen LogP contribution in [0.25, 0.3) is 0 Å². The summed E-state index contributed by atoms with van der Waals surface area (Å²) in [6, 6.07) is 3.66. The Balaban J connectivity index is 2.20. The summed E-state index contributed by atoms with van der Waals surface area (Å²) in [5, 5.41) is 0. The fourth-order valence-electron chi connectivity index (χ4n) is 2.39. The third kappa shape index (κ3) is 2.68. The van der Waals surface area contributed by atoms with E-state index in [9.17, 15) is 4.39 Å². The quantitative estimate of drug-likeness (QED) is 0.717. The van der Waals surface area contributed by atoms with Gasteiger partial charge >= 0.3 is 0 Å². The predicted octanol–water partition coefficient (Wildman–Crippen LogP) is 4.11. The molecule has 1 aliphatic rings. The van der Waals surface area contributed by atoms with E-state index in [0.717, 1.165) is 24.0 Å². The lowest BCUT2D eigenvalue weighted by molar-refractivity contribution is 0.355. The summed E-state index contributed by atoms with van der Waals surface area (Å²) in [7, 11) is 0. The Hall–Kier alpha value is -0.890. The van der Waals surface area contributed by atoms with Crippen LogP contribution in [0.15, 0.2) is 12.1 Å². The number of benzene rings is 1. The number of halogens is 1. The van der Waals surface area contributed by atoms with Crippen molar-refractivity contribution in [3.8, 4) is 0 Å². The highest BCUT2D eigenvalue weighted by Crippen LogP contribution is 2.35. The normalized spacial score (nSPS) is 24.8. The van der Waals surface area contributed by atoms with Gasteiger partial charge in [0.05, 0.1) is 12.2 Å². The molecule has 2 heteroatoms. The van der Waals surface area contributed by atoms with Crippen molar-refractivity contribution in [2.24, 2.45) is 0 Å². The standard InChI is InChI=1S/C15H21FO/c1-5-12(8-15-11(4)17-15)13-6-9(2)10(3)7-14(13)16/h6-7,11-12,15H,5,8H2,1-4H3. The minimum atomic E-state index is -0.0618. The second-order valence-electron chi connectivity index (χ2n) is 5.18. The Bertz CT molecular complexity index is 414. The minimum Gasteiger partial charge on any atom is -0.370 e. The molecule has 0 bridgehead atoms. The molecule has 3 unspecified atom stereocenters. The van der Waals surface area contributed by atoms with Crippen LogP contribution in [0.5, 0.6) is 0 Å². The highest BCUT2D eigenvalue weighted by molar-refractivity contribution is 5.33. The van der Waals surface area contributed by atoms with E-state index in [1.165, 1.54) is 5.56 Å². The molecule has 0 N–H and O–H groups in total. The second kappa shape index (κ2) is 4.77. The van der Waals surface area contributed by atoms with E-state index in [1.807, 2.05) is 19.9 Å². The van der Waals surface area contributed by atoms with Crippen molar-refractivity contribution in [3.05, 3.63) is 34.6 Å². The van der Waals surface area contributed by atoms with Crippen LogP contribution in [-0.2, 0) is 4.74 Å². The van der Waals surface area contributed by atoms with Crippen LogP contribution in [0.3, 0.4) is 0 Å². The van der Waals surface area contributed by atoms with Crippen molar-refractivity contribution in [3.63, 3.8) is 0 Å². The van der Waals surface area contributed by atoms with Crippen LogP contribution in [0.2, 0.25) is 0 Å². The predicted molar refractivity (Wildman–Crippen MR) is 67.9 cm³/mol. The monoisotopic (exact) mass is 236 g/mol. The number of ether oxygens (including phenoxy) is 1. The SMILES string of the molecule is CCC(CC1OC1C)c1cc(C)c(C)cc1F. The Kier molecular flexibility index (Phi) is 3.53. The first-order chi connectivity index (χ1) is 8.02. The van der Waals surface area contributed by atoms with Gasteiger partial charge in [-0.1, -0.05) is 13.0 Å². The summed E-state index contributed by atoms with van der Waals surface area (Å²) in [4.78, 5) is 0. The van der Waals surface area contributed by atoms with E-state index in [4.69, 9.17) is 4.74 Å². The summed E-state index contributed by atoms with van der Waals surface area (Å²) >= 11 is 0. The lowest BCUT2D eigenvalue weighted by Gasteiger charge is -2.16. The number of aryl methyl sites for hydroxylation is 2. The van der Waals surface area contributed by atoms with Crippen molar-refractivity contribution in [1.29, 1.82) is 0 Å². The molecule has 94 valence electrons. The number of rotatable bonds is 4. The van der Waals surface area contributed by atoms with Crippen molar-refractivity contribution >= 4 is 0 Å². The third-order valence-electron chi connectivity index (χ3n) is 3.90. The average Bonchev–Trinajstić information content (AvgIpc) is 2.97. The Morgan fingerprint density at radius 2 is 1.88 bits per heavy atom. The average molecular weight is 236 g/mol. The lowest BCUT2D eigenvalue weighted by Crippen LogP contribution is -2.06. The van der Waals surface area contributed by atoms with Gasteiger partial charge in [-0.3, -0.25) is 0 Å². The summed E-state index contributed by atoms with van der Waals surface area (Å²) in [5.41, 5.74) is 3.06. The molecular weight excluding hydrogens is 215 g/mol. The number of epoxide rings is 1. The topological polar surface area (TPSA) is 12.5 Å². The molecule has 0 spiro atoms. The van der Waals surface area contributed by atoms with E-state index >= 15 is 0 Å². The fraction of sp³-hybridized carbons (Fsp3) is 0.600. The van der Waals surface area contributed by atoms with Gasteiger partial charge < -0.3 is 4.74 Å². The van der Waals surface area contributed by atoms with Crippen molar-refractivity contribution in [2.45, 2.75) is 58.7 Å². The molecule has 3 atom stereocenters. The van der Waals surface area contributed by atoms with Gasteiger partial charge in [-0.2, -0.15) is 0 Å². The maximum Gasteiger partial charge on any atom is 0.126 e. The van der Waals surface area contributed by atoms with Gasteiger partial charge in [-0.25, -0.2) is 4.39 Å². The lowest BCUT2D eigenvalue weighted by atomic mass is 9.89. The number of hydrogen-bond acceptors (Lipinski definition) is 1. The van der Waals surface area contributed by atoms with Gasteiger partial charge in [-0.05, 0) is 62.3 Å². The summed E-state index contributed by atoms with van der Waals surface area (Å²) in [6.07, 6.45) is 2.60. The molecule has 2 rings (SSSR count). The first-order valence-corrected chi connectivity index (χ1v) is 6.45. The first-order valence-electron chi connectivity index (χ1n) is 6.45. The zero-order chi connectivity index (χ0) is 12.6. The molecular formula is C15H21FO. The molecule has 1 aromatic rings. The van der Waals surface area contributed by atoms with E-state index in [2.05, 4.69) is 13.8 Å². The molecule has 0 saturated carbocycles. The fourth-order valence-corrected chi connectivity index (χ4v) is 2.39. The van der Waals surface area contributed by atoms with Crippen LogP contribution < -0.4 is 0 Å². The molecule has 1 fully saturated rings. The third-order valence-corrected chi connectivity index (χ3v) is 3.90. The largest absolute Gasteiger partial charge is 0.370 e. The summed E-state index contributed by atoms with van der Waals surface area (Å²) in [5.74, 6) is 0.220. The molecule has 1 heterocycles. The Labute approximate surface area is 103 Å². The minimum absolute atomic E-state index is 0.0618. The van der Waals surface area contributed by atoms with Gasteiger partial charge in [-0.15, -0.1) is 0 Å². The molecule has 0 amide bonds. The van der Waals surface area contributed by atoms with Gasteiger partial charge in [0, 0.05) is 0 Å². The number of hydrogen-bond donors (Lipinski definition) is 0. The van der Waals surface area contributed by atoms with Gasteiger partial charge in [0.15, 0.2) is 0 Å². The Morgan fingerprint density at radius 1 is 1.29 bits per heavy atom. The van der Waals surface area contributed by atoms with E-state index < -0.39 is 0 Å². The summed E-state index contributed by atoms with van der Waals surface area (Å²) in [6.45, 7) is 8.19. The molecule has 1 aromatic carbocycles. The van der Waals surface area contributed by atoms with Crippen LogP contribution in [0.4, 0.5) is 4.39 Å². The maximum absolute atomic E-state index is 14.0. The van der Waals surface area contributed by atoms with Gasteiger partial charge in [0.25, 0.3) is 0 Å². The van der Waals surface area contributed by atoms with Crippen LogP contribution >= 0.6 is 0 Å². The first kappa shape index (κ1) is 12.6. The molecule has 0 radical (unpaired) electrons. The highest BCUT2D eigenvalue weighted by Gasteiger charge is 2.36. The van der Waals surface area contributed by atoms with Crippen molar-refractivity contribution in [2.75, 3.05) is 0 Å². The van der Waals surface area contributed by atoms with E-state index in [-0.39, 0.29) is 11.7 Å². The second-order valence-corrected chi connectivity index (χ2v) is 5.18. The smallest absolute Gasteiger partial charge is 0.126 e. The molecule has 0 aliphatic carbocycles. The van der Waals surface area contributed by atoms with Gasteiger partial charge in [0.1, 0.15) is 5.82 Å². The molecule has 17 heavy (non-hydrogen) atoms. The summed E-state index contributed by atoms with van der Waals surface area (Å²) < 4.78 is 19.4. The highest BCUT2D eigenvalue weighted by atomic mass is 19.1. The zero-order valence-electron chi connectivity index (χ0n) is 11.1. The van der Waals surface area contributed by atoms with Crippen LogP contribution in [0, 0.1) is 19.7 Å². The van der Waals surface area contributed by atoms with E-state index in [1.54, 1.807) is 6.07 Å².